The lowest BCUT2D eigenvalue weighted by atomic mass is 10.1. The molecule has 3 aromatic rings. The van der Waals surface area contributed by atoms with Gasteiger partial charge in [0.1, 0.15) is 29.1 Å². The molecule has 3 N–H and O–H groups in total. The molecule has 0 bridgehead atoms. The van der Waals surface area contributed by atoms with E-state index in [0.717, 1.165) is 12.1 Å². The average molecular weight is 379 g/mol. The number of fused-ring (bicyclic) bond motifs is 1. The highest BCUT2D eigenvalue weighted by Gasteiger charge is 2.45. The summed E-state index contributed by atoms with van der Waals surface area (Å²) in [6, 6.07) is 6.17. The van der Waals surface area contributed by atoms with Gasteiger partial charge in [-0.25, -0.2) is 9.37 Å². The van der Waals surface area contributed by atoms with E-state index in [1.54, 1.807) is 0 Å². The summed E-state index contributed by atoms with van der Waals surface area (Å²) in [6.07, 6.45) is -5.00. The highest BCUT2D eigenvalue weighted by atomic mass is 19.1. The minimum Gasteiger partial charge on any atom is -0.397 e. The van der Waals surface area contributed by atoms with Crippen LogP contribution >= 0.6 is 0 Å². The van der Waals surface area contributed by atoms with Crippen LogP contribution < -0.4 is 0 Å². The van der Waals surface area contributed by atoms with E-state index < -0.39 is 47.8 Å². The normalized spacial score (nSPS) is 25.3. The second-order valence-electron chi connectivity index (χ2n) is 6.06. The van der Waals surface area contributed by atoms with Crippen molar-refractivity contribution in [3.8, 4) is 11.6 Å². The van der Waals surface area contributed by atoms with Crippen molar-refractivity contribution in [1.82, 2.24) is 9.55 Å². The zero-order chi connectivity index (χ0) is 19.3. The van der Waals surface area contributed by atoms with Gasteiger partial charge < -0.3 is 24.5 Å². The number of ether oxygens (including phenoxy) is 1. The zero-order valence-electron chi connectivity index (χ0n) is 13.6. The SMILES string of the molecule is O=[N+]([O-])c1ccc(-c2nc3cc(F)ccc3n2[C@@H]2O[C@H](CO)[C@@H](O)[C@H]2O)o1. The maximum atomic E-state index is 13.6. The van der Waals surface area contributed by atoms with Crippen molar-refractivity contribution in [3.05, 3.63) is 46.3 Å². The van der Waals surface area contributed by atoms with Crippen LogP contribution in [-0.2, 0) is 4.74 Å². The van der Waals surface area contributed by atoms with E-state index in [1.165, 1.54) is 22.8 Å². The van der Waals surface area contributed by atoms with Crippen LogP contribution in [0.25, 0.3) is 22.6 Å². The first kappa shape index (κ1) is 17.5. The molecule has 1 fully saturated rings. The van der Waals surface area contributed by atoms with Gasteiger partial charge in [-0.15, -0.1) is 0 Å². The van der Waals surface area contributed by atoms with E-state index in [9.17, 15) is 29.8 Å². The van der Waals surface area contributed by atoms with Crippen molar-refractivity contribution in [2.24, 2.45) is 0 Å². The van der Waals surface area contributed by atoms with Gasteiger partial charge in [-0.1, -0.05) is 0 Å². The Morgan fingerprint density at radius 1 is 1.26 bits per heavy atom. The van der Waals surface area contributed by atoms with E-state index in [2.05, 4.69) is 4.98 Å². The van der Waals surface area contributed by atoms with Gasteiger partial charge in [-0.2, -0.15) is 0 Å². The molecule has 0 spiro atoms. The molecule has 10 nitrogen and oxygen atoms in total. The maximum absolute atomic E-state index is 13.6. The second-order valence-corrected chi connectivity index (χ2v) is 6.06. The Bertz CT molecular complexity index is 1020. The summed E-state index contributed by atoms with van der Waals surface area (Å²) in [5.74, 6) is -1.03. The molecular formula is C16H14FN3O7. The average Bonchev–Trinajstić information content (AvgIpc) is 3.32. The van der Waals surface area contributed by atoms with Crippen molar-refractivity contribution in [1.29, 1.82) is 0 Å². The summed E-state index contributed by atoms with van der Waals surface area (Å²) in [5, 5.41) is 40.6. The summed E-state index contributed by atoms with van der Waals surface area (Å²) in [7, 11) is 0. The Morgan fingerprint density at radius 2 is 2.04 bits per heavy atom. The van der Waals surface area contributed by atoms with E-state index in [1.807, 2.05) is 0 Å². The Balaban J connectivity index is 1.90. The molecule has 0 amide bonds. The largest absolute Gasteiger partial charge is 0.433 e. The number of rotatable bonds is 4. The number of nitro groups is 1. The lowest BCUT2D eigenvalue weighted by molar-refractivity contribution is -0.401. The summed E-state index contributed by atoms with van der Waals surface area (Å²) in [6.45, 7) is -0.530. The van der Waals surface area contributed by atoms with E-state index in [0.29, 0.717) is 5.52 Å². The van der Waals surface area contributed by atoms with Crippen molar-refractivity contribution in [2.75, 3.05) is 6.61 Å². The van der Waals surface area contributed by atoms with Gasteiger partial charge in [0.25, 0.3) is 0 Å². The number of nitrogens with zero attached hydrogens (tertiary/aromatic N) is 3. The van der Waals surface area contributed by atoms with E-state index in [-0.39, 0.29) is 17.1 Å². The van der Waals surface area contributed by atoms with Crippen molar-refractivity contribution in [3.63, 3.8) is 0 Å². The third-order valence-electron chi connectivity index (χ3n) is 4.42. The monoisotopic (exact) mass is 379 g/mol. The smallest absolute Gasteiger partial charge is 0.397 e. The fourth-order valence-electron chi connectivity index (χ4n) is 3.14. The highest BCUT2D eigenvalue weighted by Crippen LogP contribution is 2.37. The fraction of sp³-hybridized carbons (Fsp3) is 0.312. The van der Waals surface area contributed by atoms with Crippen molar-refractivity contribution in [2.45, 2.75) is 24.5 Å². The molecular weight excluding hydrogens is 365 g/mol. The molecule has 11 heteroatoms. The summed E-state index contributed by atoms with van der Waals surface area (Å²) < 4.78 is 25.7. The number of halogens is 1. The molecule has 1 saturated heterocycles. The first-order valence-electron chi connectivity index (χ1n) is 7.95. The van der Waals surface area contributed by atoms with Crippen LogP contribution in [0.2, 0.25) is 0 Å². The van der Waals surface area contributed by atoms with Gasteiger partial charge in [-0.05, 0) is 18.2 Å². The summed E-state index contributed by atoms with van der Waals surface area (Å²) in [5.41, 5.74) is 0.544. The molecule has 0 unspecified atom stereocenters. The molecule has 4 atom stereocenters. The topological polar surface area (TPSA) is 144 Å². The number of hydrogen-bond acceptors (Lipinski definition) is 8. The van der Waals surface area contributed by atoms with Crippen LogP contribution in [0.1, 0.15) is 6.23 Å². The molecule has 142 valence electrons. The van der Waals surface area contributed by atoms with Gasteiger partial charge in [-0.3, -0.25) is 14.7 Å². The van der Waals surface area contributed by atoms with Crippen LogP contribution in [-0.4, -0.2) is 54.7 Å². The van der Waals surface area contributed by atoms with Gasteiger partial charge in [0.05, 0.1) is 23.7 Å². The van der Waals surface area contributed by atoms with Crippen molar-refractivity contribution >= 4 is 16.9 Å². The zero-order valence-corrected chi connectivity index (χ0v) is 13.6. The molecule has 1 aliphatic heterocycles. The predicted octanol–water partition coefficient (Wildman–Crippen LogP) is 0.955. The van der Waals surface area contributed by atoms with Crippen LogP contribution in [0.15, 0.2) is 34.7 Å². The second kappa shape index (κ2) is 6.39. The number of aliphatic hydroxyl groups is 3. The Kier molecular flexibility index (Phi) is 4.15. The molecule has 1 aromatic carbocycles. The first-order chi connectivity index (χ1) is 12.9. The predicted molar refractivity (Wildman–Crippen MR) is 87.1 cm³/mol. The lowest BCUT2D eigenvalue weighted by Gasteiger charge is -2.19. The molecule has 3 heterocycles. The minimum atomic E-state index is -1.42. The molecule has 27 heavy (non-hydrogen) atoms. The van der Waals surface area contributed by atoms with Gasteiger partial charge in [0.15, 0.2) is 17.8 Å². The molecule has 1 aliphatic rings. The number of furan rings is 1. The highest BCUT2D eigenvalue weighted by molar-refractivity contribution is 5.80. The Morgan fingerprint density at radius 3 is 2.67 bits per heavy atom. The fourth-order valence-corrected chi connectivity index (χ4v) is 3.14. The minimum absolute atomic E-state index is 0.00366. The molecule has 0 aliphatic carbocycles. The molecule has 2 aromatic heterocycles. The summed E-state index contributed by atoms with van der Waals surface area (Å²) >= 11 is 0. The molecule has 0 radical (unpaired) electrons. The summed E-state index contributed by atoms with van der Waals surface area (Å²) in [4.78, 5) is 14.4. The third kappa shape index (κ3) is 2.77. The van der Waals surface area contributed by atoms with Crippen LogP contribution in [0, 0.1) is 15.9 Å². The van der Waals surface area contributed by atoms with Crippen LogP contribution in [0.4, 0.5) is 10.3 Å². The third-order valence-corrected chi connectivity index (χ3v) is 4.42. The van der Waals surface area contributed by atoms with E-state index in [4.69, 9.17) is 9.15 Å². The number of imidazole rings is 1. The standard InChI is InChI=1S/C16H14FN3O7/c17-7-1-2-9-8(5-7)18-15(10-3-4-12(26-10)20(24)25)19(9)16-14(23)13(22)11(6-21)27-16/h1-5,11,13-14,16,21-23H,6H2/t11-,13-,14-,16-/m1/s1. The number of aromatic nitrogens is 2. The molecule has 4 rings (SSSR count). The van der Waals surface area contributed by atoms with E-state index >= 15 is 0 Å². The molecule has 0 saturated carbocycles. The number of aliphatic hydroxyl groups excluding tert-OH is 3. The number of benzene rings is 1. The van der Waals surface area contributed by atoms with Gasteiger partial charge in [0.2, 0.25) is 0 Å². The van der Waals surface area contributed by atoms with Crippen molar-refractivity contribution < 1.29 is 33.8 Å². The Hall–Kier alpha value is -2.86. The van der Waals surface area contributed by atoms with Crippen LogP contribution in [0.3, 0.4) is 0 Å². The van der Waals surface area contributed by atoms with Crippen LogP contribution in [0.5, 0.6) is 0 Å². The lowest BCUT2D eigenvalue weighted by Crippen LogP contribution is -2.33. The quantitative estimate of drug-likeness (QED) is 0.449. The van der Waals surface area contributed by atoms with Gasteiger partial charge >= 0.3 is 5.88 Å². The van der Waals surface area contributed by atoms with Gasteiger partial charge in [0, 0.05) is 6.07 Å². The maximum Gasteiger partial charge on any atom is 0.433 e. The number of hydrogen-bond donors (Lipinski definition) is 3. The first-order valence-corrected chi connectivity index (χ1v) is 7.95. The Labute approximate surface area is 150 Å².